The van der Waals surface area contributed by atoms with Gasteiger partial charge in [-0.2, -0.15) is 0 Å². The molecule has 1 heterocycles. The number of anilines is 1. The van der Waals surface area contributed by atoms with Crippen molar-refractivity contribution < 1.29 is 4.79 Å². The second-order valence-corrected chi connectivity index (χ2v) is 4.59. The van der Waals surface area contributed by atoms with Gasteiger partial charge in [-0.05, 0) is 18.6 Å². The molecule has 4 nitrogen and oxygen atoms in total. The van der Waals surface area contributed by atoms with Crippen LogP contribution in [0.2, 0.25) is 5.15 Å². The van der Waals surface area contributed by atoms with Crippen LogP contribution in [0.1, 0.15) is 28.9 Å². The maximum Gasteiger partial charge on any atom is 0.254 e. The van der Waals surface area contributed by atoms with E-state index < -0.39 is 0 Å². The lowest BCUT2D eigenvalue weighted by molar-refractivity contribution is 0.0940. The van der Waals surface area contributed by atoms with Crippen molar-refractivity contribution in [2.75, 3.05) is 5.73 Å². The largest absolute Gasteiger partial charge is 0.397 e. The Kier molecular flexibility index (Phi) is 4.02. The zero-order chi connectivity index (χ0) is 13.8. The van der Waals surface area contributed by atoms with E-state index in [1.54, 1.807) is 0 Å². The summed E-state index contributed by atoms with van der Waals surface area (Å²) >= 11 is 5.77. The third kappa shape index (κ3) is 3.23. The van der Waals surface area contributed by atoms with E-state index in [1.807, 2.05) is 37.3 Å². The number of nitrogens with zero attached hydrogens (tertiary/aromatic N) is 1. The maximum absolute atomic E-state index is 12.1. The van der Waals surface area contributed by atoms with Crippen molar-refractivity contribution in [1.29, 1.82) is 0 Å². The fourth-order valence-corrected chi connectivity index (χ4v) is 1.89. The monoisotopic (exact) mass is 275 g/mol. The third-order valence-electron chi connectivity index (χ3n) is 2.79. The molecular formula is C14H14ClN3O. The van der Waals surface area contributed by atoms with Gasteiger partial charge in [-0.1, -0.05) is 41.9 Å². The molecule has 0 radical (unpaired) electrons. The number of aromatic nitrogens is 1. The number of pyridine rings is 1. The van der Waals surface area contributed by atoms with Gasteiger partial charge < -0.3 is 11.1 Å². The van der Waals surface area contributed by atoms with Gasteiger partial charge in [0, 0.05) is 0 Å². The van der Waals surface area contributed by atoms with E-state index in [0.717, 1.165) is 5.56 Å². The molecule has 5 heteroatoms. The molecule has 0 aliphatic rings. The Morgan fingerprint density at radius 1 is 1.37 bits per heavy atom. The summed E-state index contributed by atoms with van der Waals surface area (Å²) in [6.45, 7) is 1.91. The van der Waals surface area contributed by atoms with Crippen LogP contribution in [-0.2, 0) is 0 Å². The van der Waals surface area contributed by atoms with E-state index >= 15 is 0 Å². The van der Waals surface area contributed by atoms with Crippen LogP contribution < -0.4 is 11.1 Å². The van der Waals surface area contributed by atoms with Crippen molar-refractivity contribution in [3.8, 4) is 0 Å². The van der Waals surface area contributed by atoms with E-state index in [1.165, 1.54) is 12.3 Å². The molecule has 19 heavy (non-hydrogen) atoms. The van der Waals surface area contributed by atoms with Crippen molar-refractivity contribution >= 4 is 23.2 Å². The average molecular weight is 276 g/mol. The zero-order valence-electron chi connectivity index (χ0n) is 10.4. The molecule has 0 bridgehead atoms. The number of nitrogen functional groups attached to an aromatic ring is 1. The first-order chi connectivity index (χ1) is 9.08. The van der Waals surface area contributed by atoms with Crippen LogP contribution in [0.5, 0.6) is 0 Å². The molecule has 0 saturated heterocycles. The van der Waals surface area contributed by atoms with Crippen LogP contribution in [0.15, 0.2) is 42.6 Å². The van der Waals surface area contributed by atoms with Crippen LogP contribution in [0.3, 0.4) is 0 Å². The van der Waals surface area contributed by atoms with Gasteiger partial charge in [-0.3, -0.25) is 4.79 Å². The molecule has 0 spiro atoms. The predicted octanol–water partition coefficient (Wildman–Crippen LogP) is 2.81. The predicted molar refractivity (Wildman–Crippen MR) is 76.0 cm³/mol. The summed E-state index contributed by atoms with van der Waals surface area (Å²) in [7, 11) is 0. The number of hydrogen-bond donors (Lipinski definition) is 2. The molecule has 3 N–H and O–H groups in total. The summed E-state index contributed by atoms with van der Waals surface area (Å²) in [5.41, 5.74) is 7.39. The molecule has 1 atom stereocenters. The number of nitrogens with two attached hydrogens (primary N) is 1. The second-order valence-electron chi connectivity index (χ2n) is 4.20. The Bertz CT molecular complexity index is 586. The van der Waals surface area contributed by atoms with Crippen molar-refractivity contribution in [2.45, 2.75) is 13.0 Å². The van der Waals surface area contributed by atoms with Gasteiger partial charge in [-0.15, -0.1) is 0 Å². The average Bonchev–Trinajstić information content (AvgIpc) is 2.42. The summed E-state index contributed by atoms with van der Waals surface area (Å²) in [6, 6.07) is 11.0. The Hall–Kier alpha value is -2.07. The number of nitrogens with one attached hydrogen (secondary N) is 1. The van der Waals surface area contributed by atoms with Crippen LogP contribution >= 0.6 is 11.6 Å². The van der Waals surface area contributed by atoms with Crippen molar-refractivity contribution in [3.05, 3.63) is 58.9 Å². The minimum absolute atomic E-state index is 0.111. The molecule has 2 rings (SSSR count). The highest BCUT2D eigenvalue weighted by Gasteiger charge is 2.14. The quantitative estimate of drug-likeness (QED) is 0.847. The molecule has 0 saturated carbocycles. The highest BCUT2D eigenvalue weighted by Crippen LogP contribution is 2.17. The summed E-state index contributed by atoms with van der Waals surface area (Å²) in [4.78, 5) is 15.9. The lowest BCUT2D eigenvalue weighted by Gasteiger charge is -2.15. The number of benzene rings is 1. The summed E-state index contributed by atoms with van der Waals surface area (Å²) in [5, 5.41) is 3.12. The first-order valence-corrected chi connectivity index (χ1v) is 6.22. The Balaban J connectivity index is 2.15. The number of halogens is 1. The maximum atomic E-state index is 12.1. The van der Waals surface area contributed by atoms with Crippen LogP contribution in [0.4, 0.5) is 5.69 Å². The lowest BCUT2D eigenvalue weighted by Crippen LogP contribution is -2.27. The SMILES string of the molecule is C[C@H](NC(=O)c1cc(Cl)ncc1N)c1ccccc1. The van der Waals surface area contributed by atoms with E-state index in [9.17, 15) is 4.79 Å². The van der Waals surface area contributed by atoms with E-state index in [4.69, 9.17) is 17.3 Å². The topological polar surface area (TPSA) is 68.0 Å². The lowest BCUT2D eigenvalue weighted by atomic mass is 10.1. The fraction of sp³-hybridized carbons (Fsp3) is 0.143. The molecule has 1 amide bonds. The molecule has 0 aliphatic heterocycles. The molecule has 2 aromatic rings. The van der Waals surface area contributed by atoms with E-state index in [0.29, 0.717) is 11.3 Å². The standard InChI is InChI=1S/C14H14ClN3O/c1-9(10-5-3-2-4-6-10)18-14(19)11-7-13(15)17-8-12(11)16/h2-9H,16H2,1H3,(H,18,19)/t9-/m0/s1. The van der Waals surface area contributed by atoms with Crippen molar-refractivity contribution in [2.24, 2.45) is 0 Å². The van der Waals surface area contributed by atoms with E-state index in [-0.39, 0.29) is 17.1 Å². The smallest absolute Gasteiger partial charge is 0.254 e. The number of rotatable bonds is 3. The first-order valence-electron chi connectivity index (χ1n) is 5.84. The van der Waals surface area contributed by atoms with Crippen LogP contribution in [0, 0.1) is 0 Å². The Labute approximate surface area is 116 Å². The summed E-state index contributed by atoms with van der Waals surface area (Å²) < 4.78 is 0. The zero-order valence-corrected chi connectivity index (χ0v) is 11.2. The molecular weight excluding hydrogens is 262 g/mol. The van der Waals surface area contributed by atoms with Gasteiger partial charge in [0.2, 0.25) is 0 Å². The second kappa shape index (κ2) is 5.71. The van der Waals surface area contributed by atoms with Crippen molar-refractivity contribution in [1.82, 2.24) is 10.3 Å². The van der Waals surface area contributed by atoms with Gasteiger partial charge >= 0.3 is 0 Å². The highest BCUT2D eigenvalue weighted by atomic mass is 35.5. The molecule has 1 aromatic carbocycles. The van der Waals surface area contributed by atoms with Crippen LogP contribution in [0.25, 0.3) is 0 Å². The van der Waals surface area contributed by atoms with Gasteiger partial charge in [0.25, 0.3) is 5.91 Å². The van der Waals surface area contributed by atoms with Crippen LogP contribution in [-0.4, -0.2) is 10.9 Å². The molecule has 0 aliphatic carbocycles. The van der Waals surface area contributed by atoms with Crippen molar-refractivity contribution in [3.63, 3.8) is 0 Å². The Morgan fingerprint density at radius 2 is 2.05 bits per heavy atom. The number of carbonyl (C=O) groups is 1. The van der Waals surface area contributed by atoms with Gasteiger partial charge in [0.1, 0.15) is 5.15 Å². The number of amides is 1. The van der Waals surface area contributed by atoms with Gasteiger partial charge in [0.05, 0.1) is 23.5 Å². The normalized spacial score (nSPS) is 11.9. The molecule has 98 valence electrons. The van der Waals surface area contributed by atoms with E-state index in [2.05, 4.69) is 10.3 Å². The Morgan fingerprint density at radius 3 is 2.74 bits per heavy atom. The number of carbonyl (C=O) groups excluding carboxylic acids is 1. The minimum atomic E-state index is -0.266. The molecule has 0 unspecified atom stereocenters. The highest BCUT2D eigenvalue weighted by molar-refractivity contribution is 6.29. The third-order valence-corrected chi connectivity index (χ3v) is 3.00. The minimum Gasteiger partial charge on any atom is -0.397 e. The number of hydrogen-bond acceptors (Lipinski definition) is 3. The molecule has 1 aromatic heterocycles. The first kappa shape index (κ1) is 13.4. The van der Waals surface area contributed by atoms with Gasteiger partial charge in [0.15, 0.2) is 0 Å². The van der Waals surface area contributed by atoms with Gasteiger partial charge in [-0.25, -0.2) is 4.98 Å². The fourth-order valence-electron chi connectivity index (χ4n) is 1.74. The summed E-state index contributed by atoms with van der Waals surface area (Å²) in [6.07, 6.45) is 1.38. The summed E-state index contributed by atoms with van der Waals surface area (Å²) in [5.74, 6) is -0.266. The molecule has 0 fully saturated rings.